The minimum atomic E-state index is -0.721. The zero-order valence-electron chi connectivity index (χ0n) is 33.2. The zero-order valence-corrected chi connectivity index (χ0v) is 33.2. The Morgan fingerprint density at radius 2 is 1.15 bits per heavy atom. The molecule has 6 aromatic rings. The predicted molar refractivity (Wildman–Crippen MR) is 228 cm³/mol. The standard InChI is InChI=1S/C48H44N6O5/c1-47(2)26-34-22-31(16-18-38(34)53-41(47)29-10-7-13-36(24-29)51-43(55)33-12-9-20-49-28-33)45(57)59-46(58)32-17-19-39-35(23-32)27-48(3,4)42(54-39)30-11-8-14-37(25-30)52-44(56)40-15-5-6-21-50-40/h5-25,28,41-42,53-54H,26-27H2,1-4H3,(H,51,55)(H,52,56). The van der Waals surface area contributed by atoms with Crippen LogP contribution in [0.5, 0.6) is 0 Å². The van der Waals surface area contributed by atoms with Gasteiger partial charge in [-0.15, -0.1) is 0 Å². The molecule has 4 aromatic carbocycles. The van der Waals surface area contributed by atoms with E-state index in [0.717, 1.165) is 33.6 Å². The van der Waals surface area contributed by atoms with Gasteiger partial charge in [0.2, 0.25) is 0 Å². The van der Waals surface area contributed by atoms with Crippen LogP contribution in [0.1, 0.15) is 104 Å². The van der Waals surface area contributed by atoms with Crippen LogP contribution in [0, 0.1) is 10.8 Å². The molecule has 0 radical (unpaired) electrons. The van der Waals surface area contributed by atoms with Crippen LogP contribution in [0.15, 0.2) is 134 Å². The second-order valence-corrected chi connectivity index (χ2v) is 16.5. The largest absolute Gasteiger partial charge is 0.386 e. The normalized spacial score (nSPS) is 17.2. The summed E-state index contributed by atoms with van der Waals surface area (Å²) in [5.41, 5.74) is 7.82. The van der Waals surface area contributed by atoms with Crippen molar-refractivity contribution in [1.29, 1.82) is 0 Å². The average Bonchev–Trinajstić information content (AvgIpc) is 3.22. The maximum atomic E-state index is 13.4. The summed E-state index contributed by atoms with van der Waals surface area (Å²) in [4.78, 5) is 60.6. The molecule has 0 saturated heterocycles. The van der Waals surface area contributed by atoms with Gasteiger partial charge >= 0.3 is 11.9 Å². The Labute approximate surface area is 342 Å². The molecular formula is C48H44N6O5. The minimum absolute atomic E-state index is 0.0843. The first kappa shape index (κ1) is 38.7. The predicted octanol–water partition coefficient (Wildman–Crippen LogP) is 9.45. The van der Waals surface area contributed by atoms with Gasteiger partial charge in [-0.25, -0.2) is 9.59 Å². The van der Waals surface area contributed by atoms with Crippen LogP contribution < -0.4 is 21.3 Å². The summed E-state index contributed by atoms with van der Waals surface area (Å²) >= 11 is 0. The number of aromatic nitrogens is 2. The number of pyridine rings is 2. The summed E-state index contributed by atoms with van der Waals surface area (Å²) in [6.45, 7) is 8.60. The van der Waals surface area contributed by atoms with E-state index in [2.05, 4.69) is 58.9 Å². The Morgan fingerprint density at radius 3 is 1.66 bits per heavy atom. The van der Waals surface area contributed by atoms with E-state index in [1.54, 1.807) is 67.0 Å². The summed E-state index contributed by atoms with van der Waals surface area (Å²) in [5, 5.41) is 13.2. The van der Waals surface area contributed by atoms with Gasteiger partial charge in [0.05, 0.1) is 28.8 Å². The molecule has 2 aromatic heterocycles. The van der Waals surface area contributed by atoms with Gasteiger partial charge in [-0.05, 0) is 131 Å². The zero-order chi connectivity index (χ0) is 41.3. The number of nitrogens with zero attached hydrogens (tertiary/aromatic N) is 2. The highest BCUT2D eigenvalue weighted by atomic mass is 16.6. The molecule has 8 rings (SSSR count). The maximum Gasteiger partial charge on any atom is 0.346 e. The molecule has 4 heterocycles. The number of anilines is 4. The number of esters is 2. The quantitative estimate of drug-likeness (QED) is 0.0874. The fourth-order valence-electron chi connectivity index (χ4n) is 8.16. The number of carbonyl (C=O) groups is 4. The summed E-state index contributed by atoms with van der Waals surface area (Å²) in [6, 6.07) is 34.6. The third kappa shape index (κ3) is 8.31. The fourth-order valence-corrected chi connectivity index (χ4v) is 8.16. The van der Waals surface area contributed by atoms with Crippen molar-refractivity contribution in [2.45, 2.75) is 52.6 Å². The lowest BCUT2D eigenvalue weighted by Crippen LogP contribution is -2.35. The molecule has 2 unspecified atom stereocenters. The number of amides is 2. The van der Waals surface area contributed by atoms with Gasteiger partial charge in [-0.2, -0.15) is 0 Å². The van der Waals surface area contributed by atoms with Crippen molar-refractivity contribution >= 4 is 46.5 Å². The molecule has 0 saturated carbocycles. The third-order valence-electron chi connectivity index (χ3n) is 11.1. The van der Waals surface area contributed by atoms with Gasteiger partial charge in [-0.1, -0.05) is 58.0 Å². The van der Waals surface area contributed by atoms with Crippen molar-refractivity contribution in [3.8, 4) is 0 Å². The van der Waals surface area contributed by atoms with E-state index in [-0.39, 0.29) is 45.9 Å². The van der Waals surface area contributed by atoms with Crippen LogP contribution in [0.2, 0.25) is 0 Å². The van der Waals surface area contributed by atoms with E-state index in [1.807, 2.05) is 60.7 Å². The van der Waals surface area contributed by atoms with Gasteiger partial charge in [0.1, 0.15) is 5.69 Å². The molecule has 11 heteroatoms. The molecule has 2 atom stereocenters. The van der Waals surface area contributed by atoms with Crippen LogP contribution in [-0.4, -0.2) is 33.7 Å². The monoisotopic (exact) mass is 784 g/mol. The van der Waals surface area contributed by atoms with E-state index in [1.165, 1.54) is 6.20 Å². The van der Waals surface area contributed by atoms with Crippen LogP contribution in [0.25, 0.3) is 0 Å². The lowest BCUT2D eigenvalue weighted by molar-refractivity contribution is 0.0397. The third-order valence-corrected chi connectivity index (χ3v) is 11.1. The Morgan fingerprint density at radius 1 is 0.593 bits per heavy atom. The first-order valence-corrected chi connectivity index (χ1v) is 19.5. The highest BCUT2D eigenvalue weighted by Gasteiger charge is 2.38. The van der Waals surface area contributed by atoms with Gasteiger partial charge in [0, 0.05) is 41.3 Å². The second kappa shape index (κ2) is 15.7. The van der Waals surface area contributed by atoms with E-state index in [9.17, 15) is 19.2 Å². The number of ether oxygens (including phenoxy) is 1. The molecule has 2 aliphatic heterocycles. The van der Waals surface area contributed by atoms with E-state index in [0.29, 0.717) is 35.5 Å². The number of rotatable bonds is 8. The maximum absolute atomic E-state index is 13.4. The number of hydrogen-bond acceptors (Lipinski definition) is 9. The van der Waals surface area contributed by atoms with E-state index in [4.69, 9.17) is 4.74 Å². The van der Waals surface area contributed by atoms with Crippen molar-refractivity contribution in [1.82, 2.24) is 9.97 Å². The lowest BCUT2D eigenvalue weighted by Gasteiger charge is -2.41. The molecule has 4 N–H and O–H groups in total. The summed E-state index contributed by atoms with van der Waals surface area (Å²) in [6.07, 6.45) is 6.05. The number of benzene rings is 4. The lowest BCUT2D eigenvalue weighted by atomic mass is 9.72. The number of hydrogen-bond donors (Lipinski definition) is 4. The van der Waals surface area contributed by atoms with Crippen LogP contribution in [-0.2, 0) is 17.6 Å². The smallest absolute Gasteiger partial charge is 0.346 e. The van der Waals surface area contributed by atoms with Crippen molar-refractivity contribution in [3.63, 3.8) is 0 Å². The van der Waals surface area contributed by atoms with E-state index < -0.39 is 11.9 Å². The van der Waals surface area contributed by atoms with Gasteiger partial charge in [-0.3, -0.25) is 19.6 Å². The van der Waals surface area contributed by atoms with E-state index >= 15 is 0 Å². The highest BCUT2D eigenvalue weighted by Crippen LogP contribution is 2.47. The molecule has 0 fully saturated rings. The molecular weight excluding hydrogens is 741 g/mol. The molecule has 296 valence electrons. The van der Waals surface area contributed by atoms with Crippen molar-refractivity contribution in [2.75, 3.05) is 21.3 Å². The number of nitrogens with one attached hydrogen (secondary N) is 4. The van der Waals surface area contributed by atoms with Crippen molar-refractivity contribution < 1.29 is 23.9 Å². The summed E-state index contributed by atoms with van der Waals surface area (Å²) < 4.78 is 5.45. The molecule has 0 aliphatic carbocycles. The van der Waals surface area contributed by atoms with Gasteiger partial charge in [0.25, 0.3) is 11.8 Å². The highest BCUT2D eigenvalue weighted by molar-refractivity contribution is 6.05. The van der Waals surface area contributed by atoms with Crippen LogP contribution in [0.3, 0.4) is 0 Å². The Balaban J connectivity index is 0.924. The molecule has 2 aliphatic rings. The fraction of sp³-hybridized carbons (Fsp3) is 0.208. The minimum Gasteiger partial charge on any atom is -0.386 e. The van der Waals surface area contributed by atoms with Crippen LogP contribution >= 0.6 is 0 Å². The van der Waals surface area contributed by atoms with Crippen LogP contribution in [0.4, 0.5) is 22.7 Å². The molecule has 2 amide bonds. The SMILES string of the molecule is CC1(C)Cc2cc(C(=O)OC(=O)c3ccc4c(c3)CC(C)(C)C(c3cccc(NC(=O)c5ccccn5)c3)N4)ccc2NC1c1cccc(NC(=O)c2cccnc2)c1. The molecule has 0 spiro atoms. The molecule has 11 nitrogen and oxygen atoms in total. The summed E-state index contributed by atoms with van der Waals surface area (Å²) in [5.74, 6) is -1.96. The molecule has 59 heavy (non-hydrogen) atoms. The number of fused-ring (bicyclic) bond motifs is 2. The van der Waals surface area contributed by atoms with Crippen molar-refractivity contribution in [3.05, 3.63) is 178 Å². The Kier molecular flexibility index (Phi) is 10.3. The topological polar surface area (TPSA) is 151 Å². The summed E-state index contributed by atoms with van der Waals surface area (Å²) in [7, 11) is 0. The average molecular weight is 785 g/mol. The Bertz CT molecular complexity index is 2410. The van der Waals surface area contributed by atoms with Crippen molar-refractivity contribution in [2.24, 2.45) is 10.8 Å². The first-order chi connectivity index (χ1) is 28.3. The van der Waals surface area contributed by atoms with Gasteiger partial charge < -0.3 is 26.0 Å². The molecule has 0 bridgehead atoms. The first-order valence-electron chi connectivity index (χ1n) is 19.5. The Hall–Kier alpha value is -7.14. The second-order valence-electron chi connectivity index (χ2n) is 16.5. The van der Waals surface area contributed by atoms with Gasteiger partial charge in [0.15, 0.2) is 0 Å². The number of carbonyl (C=O) groups excluding carboxylic acids is 4.